The number of ether oxygens (including phenoxy) is 2. The van der Waals surface area contributed by atoms with Crippen molar-refractivity contribution in [1.29, 1.82) is 0 Å². The lowest BCUT2D eigenvalue weighted by Crippen LogP contribution is -2.31. The van der Waals surface area contributed by atoms with Gasteiger partial charge in [-0.2, -0.15) is 4.98 Å². The van der Waals surface area contributed by atoms with E-state index in [1.807, 2.05) is 0 Å². The van der Waals surface area contributed by atoms with E-state index < -0.39 is 0 Å². The summed E-state index contributed by atoms with van der Waals surface area (Å²) in [7, 11) is 3.03. The molecule has 1 aliphatic heterocycles. The zero-order chi connectivity index (χ0) is 15.9. The van der Waals surface area contributed by atoms with Crippen molar-refractivity contribution in [3.8, 4) is 0 Å². The van der Waals surface area contributed by atoms with Crippen LogP contribution < -0.4 is 5.32 Å². The van der Waals surface area contributed by atoms with Gasteiger partial charge in [0.25, 0.3) is 0 Å². The van der Waals surface area contributed by atoms with Crippen LogP contribution in [0.1, 0.15) is 30.6 Å². The predicted molar refractivity (Wildman–Crippen MR) is 73.6 cm³/mol. The number of likely N-dealkylation sites (tertiary alicyclic amines) is 1. The van der Waals surface area contributed by atoms with Gasteiger partial charge in [0.15, 0.2) is 5.82 Å². The van der Waals surface area contributed by atoms with Crippen LogP contribution in [0.25, 0.3) is 0 Å². The molecule has 0 bridgehead atoms. The van der Waals surface area contributed by atoms with E-state index in [0.717, 1.165) is 0 Å². The molecule has 1 aromatic heterocycles. The molecule has 1 fully saturated rings. The van der Waals surface area contributed by atoms with Crippen LogP contribution in [-0.2, 0) is 25.6 Å². The lowest BCUT2D eigenvalue weighted by atomic mass is 10.2. The number of rotatable bonds is 8. The molecule has 0 aliphatic carbocycles. The molecule has 0 unspecified atom stereocenters. The highest BCUT2D eigenvalue weighted by atomic mass is 16.5. The van der Waals surface area contributed by atoms with Gasteiger partial charge in [0.1, 0.15) is 12.6 Å². The number of methoxy groups -OCH3 is 2. The smallest absolute Gasteiger partial charge is 0.249 e. The normalized spacial score (nSPS) is 18.0. The molecule has 22 heavy (non-hydrogen) atoms. The van der Waals surface area contributed by atoms with E-state index in [1.165, 1.54) is 7.11 Å². The highest BCUT2D eigenvalue weighted by Gasteiger charge is 2.35. The van der Waals surface area contributed by atoms with Gasteiger partial charge >= 0.3 is 0 Å². The van der Waals surface area contributed by atoms with Gasteiger partial charge in [-0.05, 0) is 6.42 Å². The van der Waals surface area contributed by atoms with Crippen LogP contribution in [0.5, 0.6) is 0 Å². The standard InChI is InChI=1S/C13H20N4O5/c1-20-6-5-17-9(3-4-12(17)19)13-15-10(16-22-13)7-14-11(18)8-21-2/h9H,3-8H2,1-2H3,(H,14,18)/t9-/m0/s1. The Hall–Kier alpha value is -2.00. The lowest BCUT2D eigenvalue weighted by molar-refractivity contribution is -0.130. The second-order valence-electron chi connectivity index (χ2n) is 4.89. The molecule has 9 heteroatoms. The van der Waals surface area contributed by atoms with Gasteiger partial charge in [0, 0.05) is 27.2 Å². The average Bonchev–Trinajstić information content (AvgIpc) is 3.10. The van der Waals surface area contributed by atoms with Gasteiger partial charge < -0.3 is 24.2 Å². The maximum absolute atomic E-state index is 11.9. The minimum absolute atomic E-state index is 0.0212. The maximum Gasteiger partial charge on any atom is 0.249 e. The Kier molecular flexibility index (Phi) is 5.84. The second kappa shape index (κ2) is 7.85. The average molecular weight is 312 g/mol. The first-order chi connectivity index (χ1) is 10.7. The molecule has 0 radical (unpaired) electrons. The van der Waals surface area contributed by atoms with Crippen molar-refractivity contribution in [1.82, 2.24) is 20.4 Å². The highest BCUT2D eigenvalue weighted by Crippen LogP contribution is 2.31. The zero-order valence-electron chi connectivity index (χ0n) is 12.7. The molecule has 0 saturated carbocycles. The third kappa shape index (κ3) is 4.01. The monoisotopic (exact) mass is 312 g/mol. The molecule has 1 N–H and O–H groups in total. The summed E-state index contributed by atoms with van der Waals surface area (Å²) in [6, 6.07) is -0.224. The van der Waals surface area contributed by atoms with E-state index in [0.29, 0.717) is 37.7 Å². The maximum atomic E-state index is 11.9. The summed E-state index contributed by atoms with van der Waals surface area (Å²) >= 11 is 0. The van der Waals surface area contributed by atoms with Crippen LogP contribution in [0.4, 0.5) is 0 Å². The van der Waals surface area contributed by atoms with Crippen LogP contribution in [0.2, 0.25) is 0 Å². The zero-order valence-corrected chi connectivity index (χ0v) is 12.7. The third-order valence-corrected chi connectivity index (χ3v) is 3.35. The molecule has 2 amide bonds. The Bertz CT molecular complexity index is 518. The SMILES string of the molecule is COCCN1C(=O)CC[C@H]1c1nc(CNC(=O)COC)no1. The van der Waals surface area contributed by atoms with Gasteiger partial charge in [-0.3, -0.25) is 9.59 Å². The minimum atomic E-state index is -0.258. The van der Waals surface area contributed by atoms with E-state index in [-0.39, 0.29) is 31.0 Å². The van der Waals surface area contributed by atoms with Crippen molar-refractivity contribution in [2.45, 2.75) is 25.4 Å². The third-order valence-electron chi connectivity index (χ3n) is 3.35. The summed E-state index contributed by atoms with van der Waals surface area (Å²) in [5.74, 6) is 0.547. The molecule has 0 spiro atoms. The topological polar surface area (TPSA) is 107 Å². The number of amides is 2. The van der Waals surface area contributed by atoms with Crippen molar-refractivity contribution < 1.29 is 23.6 Å². The Morgan fingerprint density at radius 3 is 3.00 bits per heavy atom. The molecule has 2 rings (SSSR count). The first kappa shape index (κ1) is 16.4. The molecule has 2 heterocycles. The van der Waals surface area contributed by atoms with Gasteiger partial charge in [-0.1, -0.05) is 5.16 Å². The van der Waals surface area contributed by atoms with Crippen molar-refractivity contribution in [3.63, 3.8) is 0 Å². The molecular formula is C13H20N4O5. The summed E-state index contributed by atoms with van der Waals surface area (Å²) in [4.78, 5) is 29.1. The molecule has 1 aliphatic rings. The highest BCUT2D eigenvalue weighted by molar-refractivity contribution is 5.78. The fourth-order valence-electron chi connectivity index (χ4n) is 2.29. The number of hydrogen-bond acceptors (Lipinski definition) is 7. The van der Waals surface area contributed by atoms with E-state index in [9.17, 15) is 9.59 Å². The lowest BCUT2D eigenvalue weighted by Gasteiger charge is -2.21. The van der Waals surface area contributed by atoms with E-state index in [2.05, 4.69) is 15.5 Å². The molecule has 122 valence electrons. The van der Waals surface area contributed by atoms with Crippen LogP contribution in [0, 0.1) is 0 Å². The van der Waals surface area contributed by atoms with Crippen molar-refractivity contribution in [2.75, 3.05) is 34.0 Å². The molecule has 1 aromatic rings. The van der Waals surface area contributed by atoms with Crippen LogP contribution >= 0.6 is 0 Å². The number of carbonyl (C=O) groups is 2. The van der Waals surface area contributed by atoms with E-state index >= 15 is 0 Å². The fraction of sp³-hybridized carbons (Fsp3) is 0.692. The van der Waals surface area contributed by atoms with E-state index in [4.69, 9.17) is 14.0 Å². The summed E-state index contributed by atoms with van der Waals surface area (Å²) < 4.78 is 14.9. The fourth-order valence-corrected chi connectivity index (χ4v) is 2.29. The molecule has 0 aromatic carbocycles. The number of hydrogen-bond donors (Lipinski definition) is 1. The molecule has 1 atom stereocenters. The molecule has 1 saturated heterocycles. The second-order valence-corrected chi connectivity index (χ2v) is 4.89. The van der Waals surface area contributed by atoms with Gasteiger partial charge in [0.05, 0.1) is 13.2 Å². The van der Waals surface area contributed by atoms with Crippen molar-refractivity contribution in [3.05, 3.63) is 11.7 Å². The Balaban J connectivity index is 1.95. The Morgan fingerprint density at radius 1 is 1.45 bits per heavy atom. The van der Waals surface area contributed by atoms with Crippen molar-refractivity contribution >= 4 is 11.8 Å². The van der Waals surface area contributed by atoms with E-state index in [1.54, 1.807) is 12.0 Å². The first-order valence-corrected chi connectivity index (χ1v) is 7.02. The first-order valence-electron chi connectivity index (χ1n) is 7.02. The van der Waals surface area contributed by atoms with Gasteiger partial charge in [-0.25, -0.2) is 0 Å². The Morgan fingerprint density at radius 2 is 2.27 bits per heavy atom. The van der Waals surface area contributed by atoms with Gasteiger partial charge in [0.2, 0.25) is 17.7 Å². The quantitative estimate of drug-likeness (QED) is 0.698. The Labute approximate surface area is 127 Å². The largest absolute Gasteiger partial charge is 0.383 e. The van der Waals surface area contributed by atoms with Gasteiger partial charge in [-0.15, -0.1) is 0 Å². The molecule has 9 nitrogen and oxygen atoms in total. The van der Waals surface area contributed by atoms with Crippen LogP contribution in [0.3, 0.4) is 0 Å². The van der Waals surface area contributed by atoms with Crippen LogP contribution in [-0.4, -0.2) is 60.8 Å². The number of nitrogens with zero attached hydrogens (tertiary/aromatic N) is 3. The van der Waals surface area contributed by atoms with Crippen LogP contribution in [0.15, 0.2) is 4.52 Å². The summed E-state index contributed by atoms with van der Waals surface area (Å²) in [5, 5.41) is 6.43. The summed E-state index contributed by atoms with van der Waals surface area (Å²) in [5.41, 5.74) is 0. The summed E-state index contributed by atoms with van der Waals surface area (Å²) in [6.45, 7) is 1.08. The number of carbonyl (C=O) groups excluding carboxylic acids is 2. The molecular weight excluding hydrogens is 292 g/mol. The predicted octanol–water partition coefficient (Wildman–Crippen LogP) is -0.358. The summed E-state index contributed by atoms with van der Waals surface area (Å²) in [6.07, 6.45) is 1.09. The number of nitrogens with one attached hydrogen (secondary N) is 1. The minimum Gasteiger partial charge on any atom is -0.383 e. The van der Waals surface area contributed by atoms with Crippen molar-refractivity contribution in [2.24, 2.45) is 0 Å². The number of aromatic nitrogens is 2.